The van der Waals surface area contributed by atoms with Crippen molar-refractivity contribution in [2.75, 3.05) is 13.1 Å². The number of hydrogen-bond acceptors (Lipinski definition) is 2. The largest absolute Gasteiger partial charge is 0.457 e. The Morgan fingerprint density at radius 3 is 2.52 bits per heavy atom. The van der Waals surface area contributed by atoms with Gasteiger partial charge in [0.15, 0.2) is 0 Å². The van der Waals surface area contributed by atoms with Crippen molar-refractivity contribution in [3.8, 4) is 11.3 Å². The highest BCUT2D eigenvalue weighted by atomic mass is 35.5. The van der Waals surface area contributed by atoms with Crippen LogP contribution in [0.1, 0.15) is 18.6 Å². The molecule has 1 fully saturated rings. The van der Waals surface area contributed by atoms with Gasteiger partial charge in [0, 0.05) is 29.8 Å². The lowest BCUT2D eigenvalue weighted by Crippen LogP contribution is -2.25. The number of amides is 1. The van der Waals surface area contributed by atoms with Gasteiger partial charge in [-0.05, 0) is 55.3 Å². The van der Waals surface area contributed by atoms with Gasteiger partial charge in [-0.3, -0.25) is 4.79 Å². The second-order valence-corrected chi connectivity index (χ2v) is 5.51. The van der Waals surface area contributed by atoms with Crippen LogP contribution in [-0.2, 0) is 4.79 Å². The van der Waals surface area contributed by atoms with Gasteiger partial charge < -0.3 is 9.32 Å². The average Bonchev–Trinajstić information content (AvgIpc) is 3.17. The van der Waals surface area contributed by atoms with E-state index in [9.17, 15) is 4.79 Å². The summed E-state index contributed by atoms with van der Waals surface area (Å²) in [5, 5.41) is 0.696. The number of nitrogens with zero attached hydrogens (tertiary/aromatic N) is 1. The molecule has 3 nitrogen and oxygen atoms in total. The number of halogens is 1. The number of rotatable bonds is 3. The Morgan fingerprint density at radius 1 is 1.10 bits per heavy atom. The van der Waals surface area contributed by atoms with Gasteiger partial charge in [0.05, 0.1) is 0 Å². The zero-order valence-corrected chi connectivity index (χ0v) is 12.3. The fourth-order valence-corrected chi connectivity index (χ4v) is 2.53. The van der Waals surface area contributed by atoms with Gasteiger partial charge in [-0.2, -0.15) is 0 Å². The number of benzene rings is 1. The van der Waals surface area contributed by atoms with Crippen LogP contribution in [0.2, 0.25) is 5.02 Å². The summed E-state index contributed by atoms with van der Waals surface area (Å²) >= 11 is 5.87. The molecule has 0 unspecified atom stereocenters. The molecule has 4 heteroatoms. The fraction of sp³-hybridized carbons (Fsp3) is 0.235. The van der Waals surface area contributed by atoms with E-state index in [0.29, 0.717) is 10.8 Å². The highest BCUT2D eigenvalue weighted by Crippen LogP contribution is 2.24. The van der Waals surface area contributed by atoms with Crippen LogP contribution in [0.4, 0.5) is 0 Å². The Kier molecular flexibility index (Phi) is 4.11. The number of carbonyl (C=O) groups excluding carboxylic acids is 1. The van der Waals surface area contributed by atoms with Crippen LogP contribution in [0.3, 0.4) is 0 Å². The molecule has 0 N–H and O–H groups in total. The molecule has 3 rings (SSSR count). The molecule has 0 aliphatic carbocycles. The highest BCUT2D eigenvalue weighted by molar-refractivity contribution is 6.30. The van der Waals surface area contributed by atoms with Gasteiger partial charge in [-0.25, -0.2) is 0 Å². The van der Waals surface area contributed by atoms with E-state index in [4.69, 9.17) is 16.0 Å². The molecule has 108 valence electrons. The Balaban J connectivity index is 1.70. The zero-order chi connectivity index (χ0) is 14.7. The maximum atomic E-state index is 11.9. The minimum atomic E-state index is 0.0527. The molecule has 0 atom stereocenters. The monoisotopic (exact) mass is 301 g/mol. The molecule has 0 radical (unpaired) electrons. The molecule has 1 aromatic heterocycles. The van der Waals surface area contributed by atoms with Crippen molar-refractivity contribution < 1.29 is 9.21 Å². The van der Waals surface area contributed by atoms with Crippen molar-refractivity contribution in [1.82, 2.24) is 4.90 Å². The molecule has 21 heavy (non-hydrogen) atoms. The summed E-state index contributed by atoms with van der Waals surface area (Å²) in [7, 11) is 0. The summed E-state index contributed by atoms with van der Waals surface area (Å²) in [5.74, 6) is 1.49. The number of carbonyl (C=O) groups is 1. The molecular formula is C17H16ClNO2. The molecule has 1 saturated heterocycles. The Hall–Kier alpha value is -2.00. The fourth-order valence-electron chi connectivity index (χ4n) is 2.41. The maximum Gasteiger partial charge on any atom is 0.246 e. The molecule has 2 heterocycles. The van der Waals surface area contributed by atoms with Crippen molar-refractivity contribution in [2.45, 2.75) is 12.8 Å². The van der Waals surface area contributed by atoms with Gasteiger partial charge in [0.2, 0.25) is 5.91 Å². The second-order valence-electron chi connectivity index (χ2n) is 5.07. The third-order valence-corrected chi connectivity index (χ3v) is 3.82. The molecule has 2 aromatic rings. The Bertz CT molecular complexity index is 652. The predicted molar refractivity (Wildman–Crippen MR) is 84.0 cm³/mol. The van der Waals surface area contributed by atoms with E-state index in [2.05, 4.69) is 0 Å². The summed E-state index contributed by atoms with van der Waals surface area (Å²) in [6.07, 6.45) is 5.50. The van der Waals surface area contributed by atoms with Crippen LogP contribution in [-0.4, -0.2) is 23.9 Å². The van der Waals surface area contributed by atoms with Crippen molar-refractivity contribution >= 4 is 23.6 Å². The van der Waals surface area contributed by atoms with Gasteiger partial charge >= 0.3 is 0 Å². The van der Waals surface area contributed by atoms with E-state index in [1.54, 1.807) is 12.2 Å². The standard InChI is InChI=1S/C17H16ClNO2/c18-14-5-3-13(4-6-14)16-9-7-15(21-16)8-10-17(20)19-11-1-2-12-19/h3-10H,1-2,11-12H2/b10-8+. The molecule has 1 amide bonds. The summed E-state index contributed by atoms with van der Waals surface area (Å²) in [4.78, 5) is 13.8. The van der Waals surface area contributed by atoms with Crippen molar-refractivity contribution in [1.29, 1.82) is 0 Å². The zero-order valence-electron chi connectivity index (χ0n) is 11.6. The first kappa shape index (κ1) is 14.0. The van der Waals surface area contributed by atoms with E-state index in [1.807, 2.05) is 41.3 Å². The van der Waals surface area contributed by atoms with Gasteiger partial charge in [0.1, 0.15) is 11.5 Å². The Morgan fingerprint density at radius 2 is 1.81 bits per heavy atom. The molecule has 0 bridgehead atoms. The maximum absolute atomic E-state index is 11.9. The summed E-state index contributed by atoms with van der Waals surface area (Å²) in [6.45, 7) is 1.72. The first-order valence-electron chi connectivity index (χ1n) is 7.05. The van der Waals surface area contributed by atoms with Crippen LogP contribution < -0.4 is 0 Å². The molecular weight excluding hydrogens is 286 g/mol. The van der Waals surface area contributed by atoms with E-state index < -0.39 is 0 Å². The topological polar surface area (TPSA) is 33.5 Å². The first-order chi connectivity index (χ1) is 10.2. The van der Waals surface area contributed by atoms with Gasteiger partial charge in [-0.15, -0.1) is 0 Å². The number of furan rings is 1. The Labute approximate surface area is 128 Å². The average molecular weight is 302 g/mol. The molecule has 0 spiro atoms. The van der Waals surface area contributed by atoms with E-state index in [0.717, 1.165) is 37.3 Å². The number of hydrogen-bond donors (Lipinski definition) is 0. The molecule has 1 aliphatic rings. The van der Waals surface area contributed by atoms with Crippen LogP contribution in [0, 0.1) is 0 Å². The van der Waals surface area contributed by atoms with Crippen LogP contribution in [0.15, 0.2) is 46.9 Å². The molecule has 1 aliphatic heterocycles. The van der Waals surface area contributed by atoms with Crippen LogP contribution in [0.5, 0.6) is 0 Å². The smallest absolute Gasteiger partial charge is 0.246 e. The quantitative estimate of drug-likeness (QED) is 0.795. The SMILES string of the molecule is O=C(/C=C/c1ccc(-c2ccc(Cl)cc2)o1)N1CCCC1. The predicted octanol–water partition coefficient (Wildman–Crippen LogP) is 4.24. The molecule has 1 aromatic carbocycles. The number of likely N-dealkylation sites (tertiary alicyclic amines) is 1. The lowest BCUT2D eigenvalue weighted by atomic mass is 10.2. The molecule has 0 saturated carbocycles. The van der Waals surface area contributed by atoms with E-state index in [1.165, 1.54) is 0 Å². The summed E-state index contributed by atoms with van der Waals surface area (Å²) < 4.78 is 5.72. The third kappa shape index (κ3) is 3.37. The highest BCUT2D eigenvalue weighted by Gasteiger charge is 2.15. The van der Waals surface area contributed by atoms with Crippen molar-refractivity contribution in [2.24, 2.45) is 0 Å². The third-order valence-electron chi connectivity index (χ3n) is 3.56. The van der Waals surface area contributed by atoms with Crippen molar-refractivity contribution in [3.63, 3.8) is 0 Å². The van der Waals surface area contributed by atoms with Crippen LogP contribution in [0.25, 0.3) is 17.4 Å². The second kappa shape index (κ2) is 6.19. The normalized spacial score (nSPS) is 15.0. The van der Waals surface area contributed by atoms with Gasteiger partial charge in [-0.1, -0.05) is 11.6 Å². The summed E-state index contributed by atoms with van der Waals surface area (Å²) in [5.41, 5.74) is 0.963. The van der Waals surface area contributed by atoms with Gasteiger partial charge in [0.25, 0.3) is 0 Å². The first-order valence-corrected chi connectivity index (χ1v) is 7.43. The lowest BCUT2D eigenvalue weighted by Gasteiger charge is -2.11. The van der Waals surface area contributed by atoms with E-state index in [-0.39, 0.29) is 5.91 Å². The minimum Gasteiger partial charge on any atom is -0.457 e. The van der Waals surface area contributed by atoms with E-state index >= 15 is 0 Å². The van der Waals surface area contributed by atoms with Crippen molar-refractivity contribution in [3.05, 3.63) is 53.3 Å². The summed E-state index contributed by atoms with van der Waals surface area (Å²) in [6, 6.07) is 11.2. The minimum absolute atomic E-state index is 0.0527. The van der Waals surface area contributed by atoms with Crippen LogP contribution >= 0.6 is 11.6 Å². The lowest BCUT2D eigenvalue weighted by molar-refractivity contribution is -0.124.